The minimum atomic E-state index is -3.42. The lowest BCUT2D eigenvalue weighted by atomic mass is 9.82. The van der Waals surface area contributed by atoms with Crippen LogP contribution in [0.4, 0.5) is 9.80 Å². The topological polar surface area (TPSA) is 70.1 Å². The molecule has 0 aromatic heterocycles. The second-order valence-electron chi connectivity index (χ2n) is 11.2. The van der Waals surface area contributed by atoms with Gasteiger partial charge >= 0.3 is 0 Å². The van der Waals surface area contributed by atoms with Crippen molar-refractivity contribution in [2.75, 3.05) is 18.1 Å². The molecule has 0 radical (unpaired) electrons. The Hall–Kier alpha value is -2.52. The fourth-order valence-electron chi connectivity index (χ4n) is 6.86. The molecule has 0 bridgehead atoms. The molecule has 202 valence electrons. The molecule has 6 nitrogen and oxygen atoms in total. The molecule has 2 aromatic carbocycles. The molecule has 1 saturated heterocycles. The Bertz CT molecular complexity index is 1280. The molecule has 3 heterocycles. The maximum Gasteiger partial charge on any atom is 0.264 e. The number of fused-ring (bicyclic) bond motifs is 3. The van der Waals surface area contributed by atoms with Crippen LogP contribution in [0.5, 0.6) is 0 Å². The fraction of sp³-hybridized carbons (Fsp3) is 0.448. The number of aliphatic hydroxyl groups excluding tert-OH is 1. The molecule has 1 N–H and O–H groups in total. The van der Waals surface area contributed by atoms with E-state index in [9.17, 15) is 14.7 Å². The minimum Gasteiger partial charge on any atom is -0.394 e. The highest BCUT2D eigenvalue weighted by molar-refractivity contribution is 6.72. The first-order chi connectivity index (χ1) is 18.0. The van der Waals surface area contributed by atoms with Crippen LogP contribution in [-0.4, -0.2) is 55.5 Å². The first-order valence-corrected chi connectivity index (χ1v) is 16.4. The van der Waals surface area contributed by atoms with Crippen molar-refractivity contribution in [2.45, 2.75) is 62.7 Å². The Morgan fingerprint density at radius 3 is 2.66 bits per heavy atom. The number of carbonyl (C=O) groups is 2. The third kappa shape index (κ3) is 4.22. The van der Waals surface area contributed by atoms with Gasteiger partial charge in [-0.05, 0) is 48.8 Å². The van der Waals surface area contributed by atoms with Crippen molar-refractivity contribution in [1.82, 2.24) is 4.90 Å². The van der Waals surface area contributed by atoms with Crippen molar-refractivity contribution in [3.05, 3.63) is 76.8 Å². The van der Waals surface area contributed by atoms with Crippen LogP contribution in [0.1, 0.15) is 30.0 Å². The highest BCUT2D eigenvalue weighted by Crippen LogP contribution is 2.60. The van der Waals surface area contributed by atoms with Crippen molar-refractivity contribution < 1.29 is 23.5 Å². The van der Waals surface area contributed by atoms with Gasteiger partial charge in [-0.3, -0.25) is 9.59 Å². The Balaban J connectivity index is 1.51. The number of benzene rings is 2. The Kier molecular flexibility index (Phi) is 7.05. The highest BCUT2D eigenvalue weighted by Gasteiger charge is 2.67. The van der Waals surface area contributed by atoms with Gasteiger partial charge in [0, 0.05) is 35.1 Å². The van der Waals surface area contributed by atoms with Crippen molar-refractivity contribution in [3.8, 4) is 0 Å². The average Bonchev–Trinajstić information content (AvgIpc) is 3.29. The molecule has 1 spiro atoms. The minimum absolute atomic E-state index is 0.0690. The van der Waals surface area contributed by atoms with Gasteiger partial charge in [-0.1, -0.05) is 48.9 Å². The van der Waals surface area contributed by atoms with Crippen LogP contribution in [0.3, 0.4) is 0 Å². The number of aliphatic hydroxyl groups is 1. The number of ether oxygens (including phenoxy) is 1. The molecule has 38 heavy (non-hydrogen) atoms. The van der Waals surface area contributed by atoms with Gasteiger partial charge < -0.3 is 23.8 Å². The summed E-state index contributed by atoms with van der Waals surface area (Å²) in [6.45, 7) is 9.36. The van der Waals surface area contributed by atoms with E-state index in [1.165, 1.54) is 0 Å². The normalized spacial score (nSPS) is 28.5. The van der Waals surface area contributed by atoms with Crippen molar-refractivity contribution in [1.29, 1.82) is 0 Å². The molecule has 0 aliphatic carbocycles. The average molecular weight is 557 g/mol. The van der Waals surface area contributed by atoms with Crippen LogP contribution in [0, 0.1) is 5.92 Å². The van der Waals surface area contributed by atoms with E-state index in [0.29, 0.717) is 29.2 Å². The molecule has 5 rings (SSSR count). The molecule has 2 amide bonds. The summed E-state index contributed by atoms with van der Waals surface area (Å²) in [4.78, 5) is 31.1. The summed E-state index contributed by atoms with van der Waals surface area (Å²) in [5.74, 6) is -1.00. The molecule has 0 saturated carbocycles. The summed E-state index contributed by atoms with van der Waals surface area (Å²) >= 11 is 6.37. The van der Waals surface area contributed by atoms with Gasteiger partial charge in [0.2, 0.25) is 14.3 Å². The van der Waals surface area contributed by atoms with Gasteiger partial charge in [-0.2, -0.15) is 0 Å². The van der Waals surface area contributed by atoms with E-state index in [2.05, 4.69) is 6.58 Å². The molecule has 1 fully saturated rings. The first-order valence-electron chi connectivity index (χ1n) is 13.1. The monoisotopic (exact) mass is 556 g/mol. The fourth-order valence-corrected chi connectivity index (χ4v) is 9.53. The van der Waals surface area contributed by atoms with Crippen LogP contribution in [-0.2, 0) is 32.9 Å². The van der Waals surface area contributed by atoms with Gasteiger partial charge in [-0.25, -0.2) is 0 Å². The first kappa shape index (κ1) is 27.1. The van der Waals surface area contributed by atoms with Crippen LogP contribution in [0.15, 0.2) is 55.1 Å². The van der Waals surface area contributed by atoms with Gasteiger partial charge in [0.05, 0.1) is 30.9 Å². The van der Waals surface area contributed by atoms with E-state index in [0.717, 1.165) is 11.1 Å². The van der Waals surface area contributed by atoms with E-state index < -0.39 is 31.6 Å². The Morgan fingerprint density at radius 1 is 1.29 bits per heavy atom. The lowest BCUT2D eigenvalue weighted by Gasteiger charge is -2.37. The predicted molar refractivity (Wildman–Crippen MR) is 148 cm³/mol. The summed E-state index contributed by atoms with van der Waals surface area (Å²) in [6.07, 6.45) is 1.34. The smallest absolute Gasteiger partial charge is 0.264 e. The van der Waals surface area contributed by atoms with E-state index in [4.69, 9.17) is 16.3 Å². The number of hydrogen-bond acceptors (Lipinski definition) is 4. The number of carbonyl (C=O) groups excluding carboxylic acids is 2. The van der Waals surface area contributed by atoms with E-state index in [1.807, 2.05) is 31.2 Å². The predicted octanol–water partition coefficient (Wildman–Crippen LogP) is 4.98. The van der Waals surface area contributed by atoms with E-state index >= 15 is 4.11 Å². The summed E-state index contributed by atoms with van der Waals surface area (Å²) in [5.41, 5.74) is 1.40. The van der Waals surface area contributed by atoms with Crippen LogP contribution in [0.25, 0.3) is 0 Å². The Morgan fingerprint density at radius 2 is 2.00 bits per heavy atom. The third-order valence-corrected chi connectivity index (χ3v) is 11.2. The molecule has 3 aliphatic rings. The molecule has 9 heteroatoms. The lowest BCUT2D eigenvalue weighted by Crippen LogP contribution is -2.48. The zero-order valence-electron chi connectivity index (χ0n) is 22.0. The summed E-state index contributed by atoms with van der Waals surface area (Å²) in [6, 6.07) is 12.8. The van der Waals surface area contributed by atoms with E-state index in [1.54, 1.807) is 47.2 Å². The van der Waals surface area contributed by atoms with Gasteiger partial charge in [-0.15, -0.1) is 6.58 Å². The summed E-state index contributed by atoms with van der Waals surface area (Å²) in [7, 11) is -3.42. The number of amides is 2. The summed E-state index contributed by atoms with van der Waals surface area (Å²) < 4.78 is 22.7. The second kappa shape index (κ2) is 9.90. The number of hydrogen-bond donors (Lipinski definition) is 1. The zero-order chi connectivity index (χ0) is 27.4. The maximum atomic E-state index is 16.0. The maximum absolute atomic E-state index is 16.0. The molecule has 2 aromatic rings. The molecule has 3 aliphatic heterocycles. The van der Waals surface area contributed by atoms with Gasteiger partial charge in [0.15, 0.2) is 5.60 Å². The van der Waals surface area contributed by atoms with E-state index in [-0.39, 0.29) is 37.4 Å². The summed E-state index contributed by atoms with van der Waals surface area (Å²) in [5, 5.41) is 10.5. The zero-order valence-corrected chi connectivity index (χ0v) is 23.7. The SMILES string of the molecule is C=CCN1C(=O)[C@]2(O[C@H](CC(=O)N3Cc4ccccc4C[C@H]3CO)[C@@H]([Si](C)(C)F)[C@@H]2C)c2cc(Cl)ccc21. The molecule has 5 atom stereocenters. The van der Waals surface area contributed by atoms with Crippen LogP contribution in [0.2, 0.25) is 23.7 Å². The number of rotatable bonds is 6. The standard InChI is InChI=1S/C29H34ClFN2O4Si/c1-5-12-32-24-11-10-21(30)14-23(24)29(28(32)36)18(2)27(38(3,4)31)25(37-29)15-26(35)33-16-20-9-7-6-8-19(20)13-22(33)17-34/h5-11,14,18,22,25,27,34H,1,12-13,15-17H2,2-4H3/t18-,22-,25+,27-,29+/m0/s1. The van der Waals surface area contributed by atoms with Crippen molar-refractivity contribution >= 4 is 37.5 Å². The van der Waals surface area contributed by atoms with Crippen molar-refractivity contribution in [3.63, 3.8) is 0 Å². The van der Waals surface area contributed by atoms with Gasteiger partial charge in [0.1, 0.15) is 0 Å². The quantitative estimate of drug-likeness (QED) is 0.309. The van der Waals surface area contributed by atoms with Crippen molar-refractivity contribution in [2.24, 2.45) is 5.92 Å². The third-order valence-electron chi connectivity index (χ3n) is 8.50. The van der Waals surface area contributed by atoms with Crippen LogP contribution >= 0.6 is 11.6 Å². The Labute approximate surface area is 229 Å². The highest BCUT2D eigenvalue weighted by atomic mass is 35.5. The second-order valence-corrected chi connectivity index (χ2v) is 15.4. The molecule has 0 unspecified atom stereocenters. The lowest BCUT2D eigenvalue weighted by molar-refractivity contribution is -0.150. The molecular formula is C29H34ClFN2O4Si. The number of anilines is 1. The number of nitrogens with zero attached hydrogens (tertiary/aromatic N) is 2. The number of halogens is 2. The molecular weight excluding hydrogens is 523 g/mol. The van der Waals surface area contributed by atoms with Crippen LogP contribution < -0.4 is 4.90 Å². The van der Waals surface area contributed by atoms with Gasteiger partial charge in [0.25, 0.3) is 5.91 Å². The largest absolute Gasteiger partial charge is 0.394 e.